The monoisotopic (exact) mass is 306 g/mol. The van der Waals surface area contributed by atoms with E-state index >= 15 is 0 Å². The Morgan fingerprint density at radius 3 is 3.00 bits per heavy atom. The quantitative estimate of drug-likeness (QED) is 0.700. The van der Waals surface area contributed by atoms with E-state index in [1.54, 1.807) is 6.07 Å². The van der Waals surface area contributed by atoms with E-state index in [0.717, 1.165) is 4.90 Å². The number of carbonyl (C=O) groups is 2. The first-order valence-corrected chi connectivity index (χ1v) is 6.43. The summed E-state index contributed by atoms with van der Waals surface area (Å²) in [5, 5.41) is 17.1. The molecule has 0 spiro atoms. The summed E-state index contributed by atoms with van der Waals surface area (Å²) in [5.41, 5.74) is 4.24. The van der Waals surface area contributed by atoms with Gasteiger partial charge in [-0.3, -0.25) is 15.0 Å². The molecule has 1 aliphatic rings. The zero-order valence-electron chi connectivity index (χ0n) is 11.7. The van der Waals surface area contributed by atoms with Gasteiger partial charge in [0.05, 0.1) is 12.9 Å². The molecule has 10 heteroatoms. The summed E-state index contributed by atoms with van der Waals surface area (Å²) in [6.07, 6.45) is 2.71. The molecule has 1 aliphatic heterocycles. The fourth-order valence-electron chi connectivity index (χ4n) is 2.46. The zero-order chi connectivity index (χ0) is 15.9. The number of fused-ring (bicyclic) bond motifs is 1. The van der Waals surface area contributed by atoms with Crippen LogP contribution in [-0.2, 0) is 23.6 Å². The third-order valence-corrected chi connectivity index (χ3v) is 3.42. The van der Waals surface area contributed by atoms with Crippen LogP contribution in [0.25, 0.3) is 0 Å². The first kappa shape index (κ1) is 14.1. The second-order valence-corrected chi connectivity index (χ2v) is 5.06. The van der Waals surface area contributed by atoms with Crippen LogP contribution in [0.15, 0.2) is 23.2 Å². The van der Waals surface area contributed by atoms with Gasteiger partial charge in [0.15, 0.2) is 11.5 Å². The Kier molecular flexibility index (Phi) is 3.10. The largest absolute Gasteiger partial charge is 0.368 e. The molecular formula is C12H14N6O4. The average molecular weight is 306 g/mol. The van der Waals surface area contributed by atoms with E-state index in [1.165, 1.54) is 24.1 Å². The summed E-state index contributed by atoms with van der Waals surface area (Å²) in [6.45, 7) is 1.30. The first-order valence-electron chi connectivity index (χ1n) is 6.43. The Hall–Kier alpha value is -2.88. The van der Waals surface area contributed by atoms with Gasteiger partial charge in [-0.1, -0.05) is 5.16 Å². The number of nitrogens with one attached hydrogen (secondary N) is 1. The number of primary amides is 1. The van der Waals surface area contributed by atoms with Crippen molar-refractivity contribution in [2.75, 3.05) is 5.32 Å². The van der Waals surface area contributed by atoms with Crippen molar-refractivity contribution in [3.05, 3.63) is 30.0 Å². The van der Waals surface area contributed by atoms with Crippen LogP contribution in [0.3, 0.4) is 0 Å². The standard InChI is InChI=1S/C12H14N6O4/c1-12(21)9-10(14-6-17(9)5-8(13)19)15-11(20)18(12)4-7-2-3-22-16-7/h2-3,6,21H,4-5H2,1H3,(H2,13,19)(H,15,20). The Morgan fingerprint density at radius 1 is 1.59 bits per heavy atom. The Morgan fingerprint density at radius 2 is 2.36 bits per heavy atom. The molecule has 1 atom stereocenters. The van der Waals surface area contributed by atoms with Gasteiger partial charge < -0.3 is 19.9 Å². The van der Waals surface area contributed by atoms with Crippen molar-refractivity contribution in [3.63, 3.8) is 0 Å². The number of aliphatic hydroxyl groups is 1. The first-order chi connectivity index (χ1) is 10.4. The van der Waals surface area contributed by atoms with Crippen LogP contribution in [-0.4, -0.2) is 36.7 Å². The molecule has 0 aliphatic carbocycles. The maximum absolute atomic E-state index is 12.2. The molecule has 3 amide bonds. The smallest absolute Gasteiger partial charge is 0.326 e. The van der Waals surface area contributed by atoms with Crippen molar-refractivity contribution in [3.8, 4) is 0 Å². The van der Waals surface area contributed by atoms with Gasteiger partial charge >= 0.3 is 6.03 Å². The highest BCUT2D eigenvalue weighted by atomic mass is 16.5. The summed E-state index contributed by atoms with van der Waals surface area (Å²) in [6, 6.07) is 1.05. The molecular weight excluding hydrogens is 292 g/mol. The molecule has 0 fully saturated rings. The number of urea groups is 1. The molecule has 116 valence electrons. The third kappa shape index (κ3) is 2.19. The minimum absolute atomic E-state index is 0.0243. The number of hydrogen-bond acceptors (Lipinski definition) is 6. The van der Waals surface area contributed by atoms with Crippen molar-refractivity contribution in [2.45, 2.75) is 25.7 Å². The van der Waals surface area contributed by atoms with Crippen LogP contribution in [0.1, 0.15) is 18.3 Å². The molecule has 22 heavy (non-hydrogen) atoms. The third-order valence-electron chi connectivity index (χ3n) is 3.42. The number of anilines is 1. The van der Waals surface area contributed by atoms with Gasteiger partial charge in [0.2, 0.25) is 5.91 Å². The molecule has 3 heterocycles. The fraction of sp³-hybridized carbons (Fsp3) is 0.333. The second-order valence-electron chi connectivity index (χ2n) is 5.06. The van der Waals surface area contributed by atoms with Crippen molar-refractivity contribution < 1.29 is 19.2 Å². The predicted molar refractivity (Wildman–Crippen MR) is 72.1 cm³/mol. The molecule has 0 radical (unpaired) electrons. The molecule has 3 rings (SSSR count). The molecule has 0 bridgehead atoms. The van der Waals surface area contributed by atoms with E-state index in [0.29, 0.717) is 5.69 Å². The SMILES string of the molecule is CC1(O)c2c(ncn2CC(N)=O)NC(=O)N1Cc1ccon1. The van der Waals surface area contributed by atoms with Crippen molar-refractivity contribution in [2.24, 2.45) is 5.73 Å². The van der Waals surface area contributed by atoms with E-state index in [-0.39, 0.29) is 24.6 Å². The van der Waals surface area contributed by atoms with E-state index in [4.69, 9.17) is 10.3 Å². The van der Waals surface area contributed by atoms with Crippen LogP contribution < -0.4 is 11.1 Å². The number of nitrogens with two attached hydrogens (primary N) is 1. The van der Waals surface area contributed by atoms with Crippen molar-refractivity contribution in [1.82, 2.24) is 19.6 Å². The molecule has 4 N–H and O–H groups in total. The summed E-state index contributed by atoms with van der Waals surface area (Å²) in [4.78, 5) is 28.5. The highest BCUT2D eigenvalue weighted by molar-refractivity contribution is 5.92. The van der Waals surface area contributed by atoms with Crippen molar-refractivity contribution in [1.29, 1.82) is 0 Å². The lowest BCUT2D eigenvalue weighted by molar-refractivity contribution is -0.119. The number of imidazole rings is 1. The fourth-order valence-corrected chi connectivity index (χ4v) is 2.46. The summed E-state index contributed by atoms with van der Waals surface area (Å²) in [5.74, 6) is -0.399. The Balaban J connectivity index is 2.00. The number of nitrogens with zero attached hydrogens (tertiary/aromatic N) is 4. The number of rotatable bonds is 4. The lowest BCUT2D eigenvalue weighted by atomic mass is 10.1. The van der Waals surface area contributed by atoms with Gasteiger partial charge in [0, 0.05) is 6.07 Å². The van der Waals surface area contributed by atoms with E-state index in [1.807, 2.05) is 0 Å². The predicted octanol–water partition coefficient (Wildman–Crippen LogP) is -0.431. The average Bonchev–Trinajstić information content (AvgIpc) is 3.04. The number of hydrogen-bond donors (Lipinski definition) is 3. The molecule has 0 saturated carbocycles. The Labute approximate surface area is 124 Å². The minimum Gasteiger partial charge on any atom is -0.368 e. The zero-order valence-corrected chi connectivity index (χ0v) is 11.7. The highest BCUT2D eigenvalue weighted by Crippen LogP contribution is 2.36. The molecule has 10 nitrogen and oxygen atoms in total. The van der Waals surface area contributed by atoms with Gasteiger partial charge in [0.25, 0.3) is 0 Å². The lowest BCUT2D eigenvalue weighted by Crippen LogP contribution is -2.53. The van der Waals surface area contributed by atoms with Gasteiger partial charge in [0.1, 0.15) is 24.2 Å². The molecule has 2 aromatic rings. The summed E-state index contributed by atoms with van der Waals surface area (Å²) >= 11 is 0. The normalized spacial score (nSPS) is 20.6. The topological polar surface area (TPSA) is 140 Å². The van der Waals surface area contributed by atoms with Gasteiger partial charge in [-0.2, -0.15) is 0 Å². The number of carbonyl (C=O) groups excluding carboxylic acids is 2. The minimum atomic E-state index is -1.69. The molecule has 0 saturated heterocycles. The molecule has 2 aromatic heterocycles. The van der Waals surface area contributed by atoms with Crippen LogP contribution in [0.5, 0.6) is 0 Å². The number of amides is 3. The van der Waals surface area contributed by atoms with Gasteiger partial charge in [-0.15, -0.1) is 0 Å². The van der Waals surface area contributed by atoms with Crippen LogP contribution in [0.4, 0.5) is 10.6 Å². The highest BCUT2D eigenvalue weighted by Gasteiger charge is 2.45. The van der Waals surface area contributed by atoms with E-state index in [2.05, 4.69) is 15.5 Å². The number of aromatic nitrogens is 3. The molecule has 0 aromatic carbocycles. The Bertz CT molecular complexity index is 720. The lowest BCUT2D eigenvalue weighted by Gasteiger charge is -2.40. The van der Waals surface area contributed by atoms with Crippen molar-refractivity contribution >= 4 is 17.8 Å². The maximum Gasteiger partial charge on any atom is 0.326 e. The van der Waals surface area contributed by atoms with Gasteiger partial charge in [-0.05, 0) is 6.92 Å². The van der Waals surface area contributed by atoms with Crippen LogP contribution in [0.2, 0.25) is 0 Å². The summed E-state index contributed by atoms with van der Waals surface area (Å²) in [7, 11) is 0. The van der Waals surface area contributed by atoms with Crippen LogP contribution >= 0.6 is 0 Å². The second kappa shape index (κ2) is 4.84. The van der Waals surface area contributed by atoms with E-state index < -0.39 is 17.7 Å². The maximum atomic E-state index is 12.2. The van der Waals surface area contributed by atoms with Gasteiger partial charge in [-0.25, -0.2) is 9.78 Å². The van der Waals surface area contributed by atoms with Crippen LogP contribution in [0, 0.1) is 0 Å². The van der Waals surface area contributed by atoms with E-state index in [9.17, 15) is 14.7 Å². The summed E-state index contributed by atoms with van der Waals surface area (Å²) < 4.78 is 6.12. The molecule has 1 unspecified atom stereocenters.